The fourth-order valence-electron chi connectivity index (χ4n) is 2.53. The predicted octanol–water partition coefficient (Wildman–Crippen LogP) is 4.68. The molecule has 0 aliphatic heterocycles. The van der Waals surface area contributed by atoms with E-state index in [1.54, 1.807) is 0 Å². The minimum absolute atomic E-state index is 0.00399. The van der Waals surface area contributed by atoms with Gasteiger partial charge < -0.3 is 10.5 Å². The molecule has 0 amide bonds. The zero-order valence-electron chi connectivity index (χ0n) is 13.5. The van der Waals surface area contributed by atoms with Crippen LogP contribution in [0.3, 0.4) is 0 Å². The first-order valence-electron chi connectivity index (χ1n) is 8.05. The second kappa shape index (κ2) is 9.95. The van der Waals surface area contributed by atoms with Gasteiger partial charge >= 0.3 is 0 Å². The molecule has 2 nitrogen and oxygen atoms in total. The molecule has 0 bridgehead atoms. The quantitative estimate of drug-likeness (QED) is 0.630. The van der Waals surface area contributed by atoms with Crippen molar-refractivity contribution in [3.8, 4) is 0 Å². The maximum Gasteiger partial charge on any atom is 0.0659 e. The van der Waals surface area contributed by atoms with E-state index in [1.165, 1.54) is 48.8 Å². The van der Waals surface area contributed by atoms with Crippen LogP contribution < -0.4 is 5.73 Å². The van der Waals surface area contributed by atoms with E-state index >= 15 is 0 Å². The van der Waals surface area contributed by atoms with Crippen molar-refractivity contribution < 1.29 is 4.74 Å². The highest BCUT2D eigenvalue weighted by molar-refractivity contribution is 5.32. The van der Waals surface area contributed by atoms with Gasteiger partial charge in [0.25, 0.3) is 0 Å². The van der Waals surface area contributed by atoms with E-state index in [2.05, 4.69) is 39.0 Å². The molecule has 0 fully saturated rings. The fourth-order valence-corrected chi connectivity index (χ4v) is 2.53. The molecule has 0 aromatic heterocycles. The van der Waals surface area contributed by atoms with E-state index in [0.29, 0.717) is 6.61 Å². The molecular formula is C18H31NO. The number of ether oxygens (including phenoxy) is 1. The number of nitrogens with two attached hydrogens (primary N) is 1. The summed E-state index contributed by atoms with van der Waals surface area (Å²) in [6, 6.07) is 6.43. The van der Waals surface area contributed by atoms with Gasteiger partial charge in [0.05, 0.1) is 12.6 Å². The van der Waals surface area contributed by atoms with E-state index in [9.17, 15) is 0 Å². The maximum atomic E-state index is 6.20. The SMILES string of the molecule is CCCCCCCCOCC(N)c1ccc(C)cc1C. The van der Waals surface area contributed by atoms with Gasteiger partial charge in [-0.2, -0.15) is 0 Å². The van der Waals surface area contributed by atoms with Crippen LogP contribution in [0.5, 0.6) is 0 Å². The normalized spacial score (nSPS) is 12.6. The molecule has 0 aliphatic rings. The van der Waals surface area contributed by atoms with Gasteiger partial charge in [-0.25, -0.2) is 0 Å². The lowest BCUT2D eigenvalue weighted by atomic mass is 10.0. The number of benzene rings is 1. The van der Waals surface area contributed by atoms with E-state index in [0.717, 1.165) is 13.0 Å². The summed E-state index contributed by atoms with van der Waals surface area (Å²) < 4.78 is 5.72. The van der Waals surface area contributed by atoms with Crippen LogP contribution in [0.1, 0.15) is 68.2 Å². The highest BCUT2D eigenvalue weighted by Gasteiger charge is 2.08. The highest BCUT2D eigenvalue weighted by Crippen LogP contribution is 2.17. The summed E-state index contributed by atoms with van der Waals surface area (Å²) in [5.74, 6) is 0. The van der Waals surface area contributed by atoms with Gasteiger partial charge in [0.2, 0.25) is 0 Å². The lowest BCUT2D eigenvalue weighted by Gasteiger charge is -2.15. The third-order valence-corrected chi connectivity index (χ3v) is 3.76. The molecule has 1 rings (SSSR count). The lowest BCUT2D eigenvalue weighted by Crippen LogP contribution is -2.18. The minimum Gasteiger partial charge on any atom is -0.379 e. The van der Waals surface area contributed by atoms with Gasteiger partial charge in [0, 0.05) is 6.61 Å². The largest absolute Gasteiger partial charge is 0.379 e. The number of unbranched alkanes of at least 4 members (excludes halogenated alkanes) is 5. The van der Waals surface area contributed by atoms with Crippen LogP contribution in [0.25, 0.3) is 0 Å². The summed E-state index contributed by atoms with van der Waals surface area (Å²) in [7, 11) is 0. The Bertz CT molecular complexity index is 376. The molecule has 0 heterocycles. The smallest absolute Gasteiger partial charge is 0.0659 e. The first-order valence-corrected chi connectivity index (χ1v) is 8.05. The Morgan fingerprint density at radius 3 is 2.45 bits per heavy atom. The van der Waals surface area contributed by atoms with Crippen molar-refractivity contribution in [2.24, 2.45) is 5.73 Å². The summed E-state index contributed by atoms with van der Waals surface area (Å²) in [6.45, 7) is 7.94. The predicted molar refractivity (Wildman–Crippen MR) is 87.0 cm³/mol. The molecule has 114 valence electrons. The second-order valence-electron chi connectivity index (χ2n) is 5.81. The van der Waals surface area contributed by atoms with Crippen LogP contribution in [-0.2, 0) is 4.74 Å². The zero-order chi connectivity index (χ0) is 14.8. The molecule has 1 aromatic carbocycles. The van der Waals surface area contributed by atoms with Gasteiger partial charge in [-0.3, -0.25) is 0 Å². The van der Waals surface area contributed by atoms with Crippen LogP contribution in [-0.4, -0.2) is 13.2 Å². The number of hydrogen-bond donors (Lipinski definition) is 1. The van der Waals surface area contributed by atoms with E-state index in [-0.39, 0.29) is 6.04 Å². The Kier molecular flexibility index (Phi) is 8.56. The summed E-state index contributed by atoms with van der Waals surface area (Å²) in [6.07, 6.45) is 7.79. The van der Waals surface area contributed by atoms with Crippen molar-refractivity contribution in [1.82, 2.24) is 0 Å². The Hall–Kier alpha value is -0.860. The van der Waals surface area contributed by atoms with Crippen molar-refractivity contribution in [2.45, 2.75) is 65.3 Å². The summed E-state index contributed by atoms with van der Waals surface area (Å²) >= 11 is 0. The van der Waals surface area contributed by atoms with Gasteiger partial charge in [-0.05, 0) is 31.4 Å². The Balaban J connectivity index is 2.15. The molecular weight excluding hydrogens is 246 g/mol. The van der Waals surface area contributed by atoms with Crippen LogP contribution in [0.2, 0.25) is 0 Å². The van der Waals surface area contributed by atoms with Crippen LogP contribution in [0.4, 0.5) is 0 Å². The van der Waals surface area contributed by atoms with Crippen LogP contribution >= 0.6 is 0 Å². The molecule has 1 unspecified atom stereocenters. The molecule has 0 aliphatic carbocycles. The Morgan fingerprint density at radius 2 is 1.75 bits per heavy atom. The molecule has 0 radical (unpaired) electrons. The topological polar surface area (TPSA) is 35.2 Å². The number of aryl methyl sites for hydroxylation is 2. The van der Waals surface area contributed by atoms with Crippen molar-refractivity contribution in [3.63, 3.8) is 0 Å². The van der Waals surface area contributed by atoms with Gasteiger partial charge in [-0.1, -0.05) is 62.8 Å². The maximum absolute atomic E-state index is 6.20. The summed E-state index contributed by atoms with van der Waals surface area (Å²) in [5, 5.41) is 0. The average Bonchev–Trinajstić information content (AvgIpc) is 2.41. The minimum atomic E-state index is -0.00399. The second-order valence-corrected chi connectivity index (χ2v) is 5.81. The van der Waals surface area contributed by atoms with Gasteiger partial charge in [0.15, 0.2) is 0 Å². The van der Waals surface area contributed by atoms with Crippen molar-refractivity contribution >= 4 is 0 Å². The number of hydrogen-bond acceptors (Lipinski definition) is 2. The molecule has 0 saturated heterocycles. The molecule has 0 saturated carbocycles. The number of rotatable bonds is 10. The Labute approximate surface area is 124 Å². The molecule has 2 N–H and O–H groups in total. The Morgan fingerprint density at radius 1 is 1.05 bits per heavy atom. The zero-order valence-corrected chi connectivity index (χ0v) is 13.5. The van der Waals surface area contributed by atoms with Crippen molar-refractivity contribution in [2.75, 3.05) is 13.2 Å². The first kappa shape index (κ1) is 17.2. The highest BCUT2D eigenvalue weighted by atomic mass is 16.5. The fraction of sp³-hybridized carbons (Fsp3) is 0.667. The van der Waals surface area contributed by atoms with E-state index in [1.807, 2.05) is 0 Å². The molecule has 20 heavy (non-hydrogen) atoms. The first-order chi connectivity index (χ1) is 9.65. The van der Waals surface area contributed by atoms with Gasteiger partial charge in [0.1, 0.15) is 0 Å². The van der Waals surface area contributed by atoms with Crippen molar-refractivity contribution in [1.29, 1.82) is 0 Å². The standard InChI is InChI=1S/C18H31NO/c1-4-5-6-7-8-9-12-20-14-18(19)17-11-10-15(2)13-16(17)3/h10-11,13,18H,4-9,12,14,19H2,1-3H3. The van der Waals surface area contributed by atoms with E-state index < -0.39 is 0 Å². The molecule has 1 aromatic rings. The van der Waals surface area contributed by atoms with Crippen LogP contribution in [0.15, 0.2) is 18.2 Å². The van der Waals surface area contributed by atoms with Crippen molar-refractivity contribution in [3.05, 3.63) is 34.9 Å². The summed E-state index contributed by atoms with van der Waals surface area (Å²) in [5.41, 5.74) is 9.96. The van der Waals surface area contributed by atoms with Crippen LogP contribution in [0, 0.1) is 13.8 Å². The van der Waals surface area contributed by atoms with Gasteiger partial charge in [-0.15, -0.1) is 0 Å². The molecule has 1 atom stereocenters. The molecule has 2 heteroatoms. The third-order valence-electron chi connectivity index (χ3n) is 3.76. The average molecular weight is 277 g/mol. The summed E-state index contributed by atoms with van der Waals surface area (Å²) in [4.78, 5) is 0. The lowest BCUT2D eigenvalue weighted by molar-refractivity contribution is 0.117. The monoisotopic (exact) mass is 277 g/mol. The third kappa shape index (κ3) is 6.53. The molecule has 0 spiro atoms. The van der Waals surface area contributed by atoms with E-state index in [4.69, 9.17) is 10.5 Å².